The highest BCUT2D eigenvalue weighted by Gasteiger charge is 2.17. The van der Waals surface area contributed by atoms with E-state index in [-0.39, 0.29) is 29.5 Å². The average molecular weight is 507 g/mol. The molecule has 0 atom stereocenters. The van der Waals surface area contributed by atoms with Gasteiger partial charge in [-0.05, 0) is 67.8 Å². The summed E-state index contributed by atoms with van der Waals surface area (Å²) in [7, 11) is 0. The third-order valence-electron chi connectivity index (χ3n) is 5.38. The molecule has 1 N–H and O–H groups in total. The van der Waals surface area contributed by atoms with Crippen LogP contribution in [0.15, 0.2) is 71.1 Å². The van der Waals surface area contributed by atoms with E-state index >= 15 is 0 Å². The van der Waals surface area contributed by atoms with Gasteiger partial charge in [0.05, 0.1) is 16.7 Å². The molecule has 0 aliphatic rings. The van der Waals surface area contributed by atoms with Gasteiger partial charge in [0.1, 0.15) is 29.6 Å². The Kier molecular flexibility index (Phi) is 7.26. The molecule has 0 bridgehead atoms. The molecule has 0 fully saturated rings. The van der Waals surface area contributed by atoms with Gasteiger partial charge in [-0.2, -0.15) is 0 Å². The van der Waals surface area contributed by atoms with Crippen LogP contribution in [0.1, 0.15) is 33.0 Å². The van der Waals surface area contributed by atoms with E-state index in [0.717, 1.165) is 22.4 Å². The molecule has 4 rings (SSSR count). The second-order valence-corrected chi connectivity index (χ2v) is 8.65. The number of carbonyl (C=O) groups is 1. The van der Waals surface area contributed by atoms with Gasteiger partial charge in [-0.3, -0.25) is 14.9 Å². The van der Waals surface area contributed by atoms with Crippen LogP contribution in [0.5, 0.6) is 17.2 Å². The lowest BCUT2D eigenvalue weighted by molar-refractivity contribution is -0.384. The summed E-state index contributed by atoms with van der Waals surface area (Å²) in [6.45, 7) is 5.86. The Morgan fingerprint density at radius 3 is 2.44 bits per heavy atom. The van der Waals surface area contributed by atoms with E-state index in [4.69, 9.17) is 25.5 Å². The maximum atomic E-state index is 12.8. The molecule has 0 saturated heterocycles. The standard InChI is InChI=1S/C27H23ClN2O6/c1-16-5-4-6-17(2)26(16)34-15-22-8-10-25(35-22)27(31)29-20-12-21(30(32)33)14-23(13-20)36-24-9-7-19(28)11-18(24)3/h4-14H,15H2,1-3H3,(H,29,31). The Balaban J connectivity index is 1.49. The lowest BCUT2D eigenvalue weighted by Gasteiger charge is -2.11. The molecule has 1 aromatic heterocycles. The lowest BCUT2D eigenvalue weighted by Crippen LogP contribution is -2.11. The van der Waals surface area contributed by atoms with Crippen molar-refractivity contribution in [3.8, 4) is 17.2 Å². The molecule has 9 heteroatoms. The Labute approximate surface area is 212 Å². The minimum atomic E-state index is -0.567. The predicted octanol–water partition coefficient (Wildman–Crippen LogP) is 7.39. The van der Waals surface area contributed by atoms with E-state index in [1.807, 2.05) is 32.0 Å². The molecule has 0 unspecified atom stereocenters. The molecule has 0 aliphatic carbocycles. The average Bonchev–Trinajstić information content (AvgIpc) is 3.30. The fourth-order valence-electron chi connectivity index (χ4n) is 3.61. The van der Waals surface area contributed by atoms with Crippen LogP contribution >= 0.6 is 11.6 Å². The summed E-state index contributed by atoms with van der Waals surface area (Å²) in [4.78, 5) is 23.7. The lowest BCUT2D eigenvalue weighted by atomic mass is 10.1. The van der Waals surface area contributed by atoms with E-state index in [2.05, 4.69) is 5.32 Å². The van der Waals surface area contributed by atoms with Crippen LogP contribution in [0, 0.1) is 30.9 Å². The topological polar surface area (TPSA) is 104 Å². The predicted molar refractivity (Wildman–Crippen MR) is 136 cm³/mol. The quantitative estimate of drug-likeness (QED) is 0.197. The number of ether oxygens (including phenoxy) is 2. The highest BCUT2D eigenvalue weighted by Crippen LogP contribution is 2.32. The van der Waals surface area contributed by atoms with Crippen molar-refractivity contribution in [2.45, 2.75) is 27.4 Å². The van der Waals surface area contributed by atoms with E-state index in [1.54, 1.807) is 31.2 Å². The summed E-state index contributed by atoms with van der Waals surface area (Å²) in [5.41, 5.74) is 2.69. The van der Waals surface area contributed by atoms with E-state index in [9.17, 15) is 14.9 Å². The number of nitrogens with zero attached hydrogens (tertiary/aromatic N) is 1. The molecular weight excluding hydrogens is 484 g/mol. The van der Waals surface area contributed by atoms with Gasteiger partial charge in [0, 0.05) is 17.2 Å². The summed E-state index contributed by atoms with van der Waals surface area (Å²) >= 11 is 5.98. The SMILES string of the molecule is Cc1cc(Cl)ccc1Oc1cc(NC(=O)c2ccc(COc3c(C)cccc3C)o2)cc([N+](=O)[O-])c1. The van der Waals surface area contributed by atoms with Gasteiger partial charge < -0.3 is 19.2 Å². The third-order valence-corrected chi connectivity index (χ3v) is 5.61. The van der Waals surface area contributed by atoms with Gasteiger partial charge >= 0.3 is 0 Å². The van der Waals surface area contributed by atoms with Crippen LogP contribution < -0.4 is 14.8 Å². The second kappa shape index (κ2) is 10.5. The van der Waals surface area contributed by atoms with Crippen LogP contribution in [0.25, 0.3) is 0 Å². The van der Waals surface area contributed by atoms with Crippen molar-refractivity contribution in [2.24, 2.45) is 0 Å². The minimum Gasteiger partial charge on any atom is -0.485 e. The van der Waals surface area contributed by atoms with Crippen molar-refractivity contribution >= 4 is 28.9 Å². The van der Waals surface area contributed by atoms with Gasteiger partial charge in [-0.15, -0.1) is 0 Å². The van der Waals surface area contributed by atoms with E-state index in [0.29, 0.717) is 16.5 Å². The molecule has 3 aromatic carbocycles. The molecule has 184 valence electrons. The van der Waals surface area contributed by atoms with Crippen molar-refractivity contribution in [3.05, 3.63) is 110 Å². The maximum absolute atomic E-state index is 12.8. The van der Waals surface area contributed by atoms with Gasteiger partial charge in [0.2, 0.25) is 0 Å². The number of carbonyl (C=O) groups excluding carboxylic acids is 1. The second-order valence-electron chi connectivity index (χ2n) is 8.21. The molecule has 0 aliphatic heterocycles. The fourth-order valence-corrected chi connectivity index (χ4v) is 3.84. The molecule has 4 aromatic rings. The number of rotatable bonds is 8. The van der Waals surface area contributed by atoms with Crippen LogP contribution in [0.4, 0.5) is 11.4 Å². The maximum Gasteiger partial charge on any atom is 0.291 e. The van der Waals surface area contributed by atoms with E-state index in [1.165, 1.54) is 24.3 Å². The van der Waals surface area contributed by atoms with Crippen molar-refractivity contribution in [2.75, 3.05) is 5.32 Å². The number of benzene rings is 3. The van der Waals surface area contributed by atoms with Gasteiger partial charge in [0.25, 0.3) is 11.6 Å². The molecular formula is C27H23ClN2O6. The van der Waals surface area contributed by atoms with Crippen LogP contribution in [-0.4, -0.2) is 10.8 Å². The van der Waals surface area contributed by atoms with Crippen molar-refractivity contribution in [1.29, 1.82) is 0 Å². The zero-order valence-electron chi connectivity index (χ0n) is 19.8. The number of nitro groups is 1. The number of hydrogen-bond acceptors (Lipinski definition) is 6. The van der Waals surface area contributed by atoms with Crippen molar-refractivity contribution in [1.82, 2.24) is 0 Å². The number of amides is 1. The summed E-state index contributed by atoms with van der Waals surface area (Å²) in [6, 6.07) is 18.1. The number of para-hydroxylation sites is 1. The highest BCUT2D eigenvalue weighted by molar-refractivity contribution is 6.30. The molecule has 0 spiro atoms. The number of nitro benzene ring substituents is 1. The Bertz CT molecular complexity index is 1430. The summed E-state index contributed by atoms with van der Waals surface area (Å²) in [5, 5.41) is 14.6. The largest absolute Gasteiger partial charge is 0.485 e. The highest BCUT2D eigenvalue weighted by atomic mass is 35.5. The summed E-state index contributed by atoms with van der Waals surface area (Å²) < 4.78 is 17.3. The molecule has 1 amide bonds. The molecule has 36 heavy (non-hydrogen) atoms. The number of anilines is 1. The molecule has 8 nitrogen and oxygen atoms in total. The number of nitrogens with one attached hydrogen (secondary N) is 1. The van der Waals surface area contributed by atoms with Gasteiger partial charge in [0.15, 0.2) is 5.76 Å². The first kappa shape index (κ1) is 24.8. The van der Waals surface area contributed by atoms with Crippen LogP contribution in [-0.2, 0) is 6.61 Å². The first-order chi connectivity index (χ1) is 17.2. The molecule has 0 radical (unpaired) electrons. The molecule has 1 heterocycles. The monoisotopic (exact) mass is 506 g/mol. The third kappa shape index (κ3) is 5.84. The number of hydrogen-bond donors (Lipinski definition) is 1. The van der Waals surface area contributed by atoms with Gasteiger partial charge in [-0.25, -0.2) is 0 Å². The number of halogens is 1. The number of furan rings is 1. The zero-order chi connectivity index (χ0) is 25.8. The van der Waals surface area contributed by atoms with Crippen molar-refractivity contribution in [3.63, 3.8) is 0 Å². The number of non-ortho nitro benzene ring substituents is 1. The smallest absolute Gasteiger partial charge is 0.291 e. The first-order valence-corrected chi connectivity index (χ1v) is 11.4. The van der Waals surface area contributed by atoms with Crippen LogP contribution in [0.3, 0.4) is 0 Å². The Morgan fingerprint density at radius 1 is 1.00 bits per heavy atom. The first-order valence-electron chi connectivity index (χ1n) is 11.0. The fraction of sp³-hybridized carbons (Fsp3) is 0.148. The normalized spacial score (nSPS) is 10.7. The van der Waals surface area contributed by atoms with E-state index < -0.39 is 10.8 Å². The van der Waals surface area contributed by atoms with Gasteiger partial charge in [-0.1, -0.05) is 29.8 Å². The Morgan fingerprint density at radius 2 is 1.75 bits per heavy atom. The van der Waals surface area contributed by atoms with Crippen LogP contribution in [0.2, 0.25) is 5.02 Å². The molecule has 0 saturated carbocycles. The van der Waals surface area contributed by atoms with Crippen molar-refractivity contribution < 1.29 is 23.6 Å². The zero-order valence-corrected chi connectivity index (χ0v) is 20.6. The summed E-state index contributed by atoms with van der Waals surface area (Å²) in [6.07, 6.45) is 0. The summed E-state index contributed by atoms with van der Waals surface area (Å²) in [5.74, 6) is 1.37. The Hall–Kier alpha value is -4.30. The number of aryl methyl sites for hydroxylation is 3. The minimum absolute atomic E-state index is 0.0395.